The first-order valence-corrected chi connectivity index (χ1v) is 6.98. The summed E-state index contributed by atoms with van der Waals surface area (Å²) in [5.74, 6) is 0.711. The van der Waals surface area contributed by atoms with Crippen LogP contribution in [0, 0.1) is 0 Å². The number of hydrogen-bond donors (Lipinski definition) is 0. The van der Waals surface area contributed by atoms with Crippen molar-refractivity contribution in [3.8, 4) is 5.75 Å². The van der Waals surface area contributed by atoms with Crippen molar-refractivity contribution in [2.75, 3.05) is 7.11 Å². The van der Waals surface area contributed by atoms with Gasteiger partial charge in [0.2, 0.25) is 5.28 Å². The largest absolute Gasteiger partial charge is 0.497 e. The Balaban J connectivity index is 1.98. The van der Waals surface area contributed by atoms with Crippen LogP contribution in [-0.4, -0.2) is 21.6 Å². The highest BCUT2D eigenvalue weighted by Gasteiger charge is 2.31. The fraction of sp³-hybridized carbons (Fsp3) is 0.200. The molecule has 0 saturated carbocycles. The molecule has 0 fully saturated rings. The molecular weight excluding hydrogens is 331 g/mol. The number of halogens is 4. The Morgan fingerprint density at radius 2 is 1.91 bits per heavy atom. The molecule has 0 aliphatic heterocycles. The maximum absolute atomic E-state index is 12.7. The van der Waals surface area contributed by atoms with Gasteiger partial charge in [-0.2, -0.15) is 13.2 Å². The SMILES string of the molecule is COc1ccc(Cn2c(Cl)nc3cc(C(F)(F)F)cnc32)cc1. The average molecular weight is 342 g/mol. The van der Waals surface area contributed by atoms with Gasteiger partial charge in [0.15, 0.2) is 5.65 Å². The van der Waals surface area contributed by atoms with E-state index in [1.165, 1.54) is 0 Å². The molecule has 0 spiro atoms. The van der Waals surface area contributed by atoms with Gasteiger partial charge in [-0.25, -0.2) is 9.97 Å². The topological polar surface area (TPSA) is 39.9 Å². The lowest BCUT2D eigenvalue weighted by Gasteiger charge is -2.08. The number of nitrogens with zero attached hydrogens (tertiary/aromatic N) is 3. The second kappa shape index (κ2) is 5.73. The summed E-state index contributed by atoms with van der Waals surface area (Å²) in [6.45, 7) is 0.345. The van der Waals surface area contributed by atoms with Gasteiger partial charge in [0.1, 0.15) is 11.3 Å². The molecule has 0 aliphatic carbocycles. The van der Waals surface area contributed by atoms with Crippen molar-refractivity contribution in [3.63, 3.8) is 0 Å². The summed E-state index contributed by atoms with van der Waals surface area (Å²) in [7, 11) is 1.57. The van der Waals surface area contributed by atoms with Crippen molar-refractivity contribution in [1.29, 1.82) is 0 Å². The number of ether oxygens (including phenoxy) is 1. The molecule has 120 valence electrons. The molecule has 0 N–H and O–H groups in total. The van der Waals surface area contributed by atoms with Crippen molar-refractivity contribution in [2.24, 2.45) is 0 Å². The maximum atomic E-state index is 12.7. The Morgan fingerprint density at radius 3 is 2.52 bits per heavy atom. The van der Waals surface area contributed by atoms with E-state index in [2.05, 4.69) is 9.97 Å². The Labute approximate surface area is 134 Å². The molecule has 4 nitrogen and oxygen atoms in total. The van der Waals surface area contributed by atoms with Crippen LogP contribution in [0.15, 0.2) is 36.5 Å². The third-order valence-electron chi connectivity index (χ3n) is 3.37. The van der Waals surface area contributed by atoms with Crippen LogP contribution in [0.2, 0.25) is 5.28 Å². The number of imidazole rings is 1. The molecular formula is C15H11ClF3N3O. The molecule has 0 bridgehead atoms. The van der Waals surface area contributed by atoms with Gasteiger partial charge >= 0.3 is 6.18 Å². The fourth-order valence-electron chi connectivity index (χ4n) is 2.19. The molecule has 1 aromatic carbocycles. The van der Waals surface area contributed by atoms with Gasteiger partial charge < -0.3 is 4.74 Å². The Kier molecular flexibility index (Phi) is 3.89. The van der Waals surface area contributed by atoms with Gasteiger partial charge in [0.25, 0.3) is 0 Å². The number of aromatic nitrogens is 3. The zero-order valence-electron chi connectivity index (χ0n) is 11.9. The number of hydrogen-bond acceptors (Lipinski definition) is 3. The number of rotatable bonds is 3. The summed E-state index contributed by atoms with van der Waals surface area (Å²) in [6.07, 6.45) is -3.68. The van der Waals surface area contributed by atoms with Crippen LogP contribution in [0.1, 0.15) is 11.1 Å². The highest BCUT2D eigenvalue weighted by atomic mass is 35.5. The standard InChI is InChI=1S/C15H11ClF3N3O/c1-23-11-4-2-9(3-5-11)8-22-13-12(21-14(22)16)6-10(7-20-13)15(17,18)19/h2-7H,8H2,1H3. The third kappa shape index (κ3) is 3.10. The summed E-state index contributed by atoms with van der Waals surface area (Å²) in [5.41, 5.74) is 0.460. The van der Waals surface area contributed by atoms with Crippen molar-refractivity contribution in [3.05, 3.63) is 52.9 Å². The minimum absolute atomic E-state index is 0.0858. The van der Waals surface area contributed by atoms with E-state index in [4.69, 9.17) is 16.3 Å². The van der Waals surface area contributed by atoms with Crippen LogP contribution >= 0.6 is 11.6 Å². The predicted octanol–water partition coefficient (Wildman–Crippen LogP) is 4.16. The van der Waals surface area contributed by atoms with E-state index in [1.54, 1.807) is 23.8 Å². The molecule has 0 amide bonds. The lowest BCUT2D eigenvalue weighted by Crippen LogP contribution is -2.06. The molecule has 8 heteroatoms. The molecule has 0 aliphatic rings. The monoisotopic (exact) mass is 341 g/mol. The first-order valence-electron chi connectivity index (χ1n) is 6.60. The molecule has 0 saturated heterocycles. The van der Waals surface area contributed by atoms with E-state index in [-0.39, 0.29) is 10.8 Å². The molecule has 0 radical (unpaired) electrons. The van der Waals surface area contributed by atoms with E-state index in [0.717, 1.165) is 17.8 Å². The van der Waals surface area contributed by atoms with Gasteiger partial charge in [-0.3, -0.25) is 4.57 Å². The number of fused-ring (bicyclic) bond motifs is 1. The number of methoxy groups -OCH3 is 1. The second-order valence-electron chi connectivity index (χ2n) is 4.88. The van der Waals surface area contributed by atoms with Gasteiger partial charge in [-0.1, -0.05) is 12.1 Å². The van der Waals surface area contributed by atoms with Crippen LogP contribution in [0.25, 0.3) is 11.2 Å². The average Bonchev–Trinajstić information content (AvgIpc) is 2.82. The molecule has 2 aromatic heterocycles. The highest BCUT2D eigenvalue weighted by molar-refractivity contribution is 6.29. The lowest BCUT2D eigenvalue weighted by molar-refractivity contribution is -0.137. The minimum Gasteiger partial charge on any atom is -0.497 e. The van der Waals surface area contributed by atoms with Crippen LogP contribution in [0.5, 0.6) is 5.75 Å². The number of benzene rings is 1. The van der Waals surface area contributed by atoms with Crippen molar-refractivity contribution < 1.29 is 17.9 Å². The van der Waals surface area contributed by atoms with Crippen molar-refractivity contribution >= 4 is 22.8 Å². The van der Waals surface area contributed by atoms with Gasteiger partial charge in [-0.15, -0.1) is 0 Å². The zero-order chi connectivity index (χ0) is 16.6. The lowest BCUT2D eigenvalue weighted by atomic mass is 10.2. The second-order valence-corrected chi connectivity index (χ2v) is 5.22. The van der Waals surface area contributed by atoms with Crippen LogP contribution < -0.4 is 4.74 Å². The summed E-state index contributed by atoms with van der Waals surface area (Å²) in [4.78, 5) is 7.83. The van der Waals surface area contributed by atoms with Gasteiger partial charge in [0, 0.05) is 6.20 Å². The molecule has 23 heavy (non-hydrogen) atoms. The molecule has 2 heterocycles. The molecule has 0 unspecified atom stereocenters. The van der Waals surface area contributed by atoms with E-state index >= 15 is 0 Å². The molecule has 3 rings (SSSR count). The normalized spacial score (nSPS) is 11.9. The van der Waals surface area contributed by atoms with Crippen LogP contribution in [0.3, 0.4) is 0 Å². The van der Waals surface area contributed by atoms with E-state index in [0.29, 0.717) is 17.9 Å². The molecule has 3 aromatic rings. The first kappa shape index (κ1) is 15.6. The molecule has 0 atom stereocenters. The van der Waals surface area contributed by atoms with E-state index < -0.39 is 11.7 Å². The quantitative estimate of drug-likeness (QED) is 0.718. The highest BCUT2D eigenvalue weighted by Crippen LogP contribution is 2.31. The van der Waals surface area contributed by atoms with Crippen molar-refractivity contribution in [2.45, 2.75) is 12.7 Å². The smallest absolute Gasteiger partial charge is 0.417 e. The van der Waals surface area contributed by atoms with E-state index in [1.807, 2.05) is 12.1 Å². The maximum Gasteiger partial charge on any atom is 0.417 e. The van der Waals surface area contributed by atoms with Crippen LogP contribution in [0.4, 0.5) is 13.2 Å². The minimum atomic E-state index is -4.46. The Morgan fingerprint density at radius 1 is 1.22 bits per heavy atom. The third-order valence-corrected chi connectivity index (χ3v) is 3.65. The summed E-state index contributed by atoms with van der Waals surface area (Å²) in [5, 5.41) is 0.0858. The summed E-state index contributed by atoms with van der Waals surface area (Å²) < 4.78 is 44.8. The predicted molar refractivity (Wildman–Crippen MR) is 79.6 cm³/mol. The summed E-state index contributed by atoms with van der Waals surface area (Å²) >= 11 is 6.05. The number of alkyl halides is 3. The van der Waals surface area contributed by atoms with Gasteiger partial charge in [-0.05, 0) is 35.4 Å². The fourth-order valence-corrected chi connectivity index (χ4v) is 2.42. The first-order chi connectivity index (χ1) is 10.9. The Hall–Kier alpha value is -2.28. The zero-order valence-corrected chi connectivity index (χ0v) is 12.7. The van der Waals surface area contributed by atoms with Crippen molar-refractivity contribution in [1.82, 2.24) is 14.5 Å². The van der Waals surface area contributed by atoms with Gasteiger partial charge in [0.05, 0.1) is 19.2 Å². The van der Waals surface area contributed by atoms with E-state index in [9.17, 15) is 13.2 Å². The Bertz CT molecular complexity index is 844. The summed E-state index contributed by atoms with van der Waals surface area (Å²) in [6, 6.07) is 8.20. The number of pyridine rings is 1. The van der Waals surface area contributed by atoms with Crippen LogP contribution in [-0.2, 0) is 12.7 Å².